The van der Waals surface area contributed by atoms with Crippen LogP contribution in [0.4, 0.5) is 10.3 Å². The fourth-order valence-corrected chi connectivity index (χ4v) is 2.05. The lowest BCUT2D eigenvalue weighted by molar-refractivity contribution is 0.624. The fraction of sp³-hybridized carbons (Fsp3) is 0.167. The Hall–Kier alpha value is -1.69. The summed E-state index contributed by atoms with van der Waals surface area (Å²) in [5, 5.41) is 4.67. The van der Waals surface area contributed by atoms with Crippen LogP contribution >= 0.6 is 15.9 Å². The van der Waals surface area contributed by atoms with E-state index in [-0.39, 0.29) is 11.8 Å². The average molecular weight is 311 g/mol. The molecule has 0 unspecified atom stereocenters. The predicted molar refractivity (Wildman–Crippen MR) is 73.4 cm³/mol. The minimum atomic E-state index is -0.314. The zero-order chi connectivity index (χ0) is 13.1. The molecule has 0 fully saturated rings. The first-order valence-electron chi connectivity index (χ1n) is 5.31. The van der Waals surface area contributed by atoms with Gasteiger partial charge in [0, 0.05) is 10.9 Å². The summed E-state index contributed by atoms with van der Waals surface area (Å²) in [5.74, 6) is -0.0356. The molecule has 1 aromatic heterocycles. The molecule has 0 aliphatic rings. The Morgan fingerprint density at radius 3 is 2.94 bits per heavy atom. The van der Waals surface area contributed by atoms with Gasteiger partial charge in [-0.25, -0.2) is 14.1 Å². The van der Waals surface area contributed by atoms with Crippen LogP contribution in [0.3, 0.4) is 0 Å². The highest BCUT2D eigenvalue weighted by molar-refractivity contribution is 9.08. The maximum absolute atomic E-state index is 13.7. The monoisotopic (exact) mass is 310 g/mol. The van der Waals surface area contributed by atoms with Crippen LogP contribution in [-0.4, -0.2) is 15.9 Å². The van der Waals surface area contributed by atoms with E-state index in [4.69, 9.17) is 5.73 Å². The van der Waals surface area contributed by atoms with E-state index in [1.165, 1.54) is 17.0 Å². The second-order valence-corrected chi connectivity index (χ2v) is 4.34. The second-order valence-electron chi connectivity index (χ2n) is 3.78. The number of benzene rings is 1. The highest BCUT2D eigenvalue weighted by Crippen LogP contribution is 2.15. The molecule has 0 aliphatic carbocycles. The van der Waals surface area contributed by atoms with Crippen molar-refractivity contribution in [3.8, 4) is 0 Å². The van der Waals surface area contributed by atoms with E-state index in [0.717, 1.165) is 11.3 Å². The van der Waals surface area contributed by atoms with E-state index in [0.29, 0.717) is 10.9 Å². The summed E-state index contributed by atoms with van der Waals surface area (Å²) in [6.45, 7) is 1.81. The molecule has 6 heteroatoms. The van der Waals surface area contributed by atoms with Crippen LogP contribution in [0.15, 0.2) is 29.5 Å². The fourth-order valence-electron chi connectivity index (χ4n) is 1.56. The molecule has 4 nitrogen and oxygen atoms in total. The van der Waals surface area contributed by atoms with Gasteiger partial charge < -0.3 is 5.73 Å². The lowest BCUT2D eigenvalue weighted by Gasteiger charge is -2.03. The van der Waals surface area contributed by atoms with Gasteiger partial charge in [-0.2, -0.15) is 5.10 Å². The smallest absolute Gasteiger partial charge is 0.221 e. The molecule has 0 radical (unpaired) electrons. The van der Waals surface area contributed by atoms with E-state index in [2.05, 4.69) is 26.0 Å². The lowest BCUT2D eigenvalue weighted by atomic mass is 10.1. The van der Waals surface area contributed by atoms with Gasteiger partial charge in [-0.15, -0.1) is 0 Å². The molecule has 2 N–H and O–H groups in total. The number of hydrogen-bond acceptors (Lipinski definition) is 3. The van der Waals surface area contributed by atoms with E-state index >= 15 is 0 Å². The minimum Gasteiger partial charge on any atom is -0.368 e. The number of aryl methyl sites for hydroxylation is 1. The van der Waals surface area contributed by atoms with E-state index in [1.54, 1.807) is 12.3 Å². The number of anilines is 1. The van der Waals surface area contributed by atoms with Gasteiger partial charge in [0.2, 0.25) is 5.95 Å². The quantitative estimate of drug-likeness (QED) is 0.700. The van der Waals surface area contributed by atoms with Crippen LogP contribution < -0.4 is 5.73 Å². The number of rotatable bonds is 3. The van der Waals surface area contributed by atoms with E-state index in [1.807, 2.05) is 13.0 Å². The predicted octanol–water partition coefficient (Wildman–Crippen LogP) is 2.69. The summed E-state index contributed by atoms with van der Waals surface area (Å²) in [7, 11) is 0. The molecule has 1 aromatic carbocycles. The average Bonchev–Trinajstić information content (AvgIpc) is 2.66. The maximum atomic E-state index is 13.7. The number of hydrogen-bond donors (Lipinski definition) is 1. The van der Waals surface area contributed by atoms with Crippen molar-refractivity contribution in [2.24, 2.45) is 5.10 Å². The third kappa shape index (κ3) is 2.59. The summed E-state index contributed by atoms with van der Waals surface area (Å²) >= 11 is 3.32. The van der Waals surface area contributed by atoms with Gasteiger partial charge in [0.1, 0.15) is 5.82 Å². The highest BCUT2D eigenvalue weighted by atomic mass is 79.9. The summed E-state index contributed by atoms with van der Waals surface area (Å²) in [5.41, 5.74) is 7.68. The largest absolute Gasteiger partial charge is 0.368 e. The Bertz CT molecular complexity index is 592. The number of nitrogens with zero attached hydrogens (tertiary/aromatic N) is 3. The minimum absolute atomic E-state index is 0.278. The molecule has 0 spiro atoms. The van der Waals surface area contributed by atoms with Crippen LogP contribution in [0, 0.1) is 12.7 Å². The molecule has 18 heavy (non-hydrogen) atoms. The molecule has 0 saturated carbocycles. The van der Waals surface area contributed by atoms with Crippen LogP contribution in [0.25, 0.3) is 0 Å². The zero-order valence-electron chi connectivity index (χ0n) is 9.77. The van der Waals surface area contributed by atoms with Crippen LogP contribution in [0.2, 0.25) is 0 Å². The topological polar surface area (TPSA) is 56.2 Å². The van der Waals surface area contributed by atoms with Crippen LogP contribution in [-0.2, 0) is 5.33 Å². The van der Waals surface area contributed by atoms with Crippen molar-refractivity contribution in [2.45, 2.75) is 12.3 Å². The summed E-state index contributed by atoms with van der Waals surface area (Å²) in [6.07, 6.45) is 3.13. The van der Waals surface area contributed by atoms with Gasteiger partial charge in [0.15, 0.2) is 0 Å². The molecule has 0 aliphatic heterocycles. The van der Waals surface area contributed by atoms with Gasteiger partial charge in [-0.05, 0) is 18.6 Å². The molecule has 1 heterocycles. The van der Waals surface area contributed by atoms with Gasteiger partial charge in [-0.3, -0.25) is 0 Å². The third-order valence-electron chi connectivity index (χ3n) is 2.43. The van der Waals surface area contributed by atoms with Crippen molar-refractivity contribution in [2.75, 3.05) is 5.73 Å². The number of nitrogens with two attached hydrogens (primary N) is 1. The van der Waals surface area contributed by atoms with Crippen molar-refractivity contribution in [1.82, 2.24) is 9.66 Å². The standard InChI is InChI=1S/C12H12BrFN4/c1-8-7-18(12(15)17-8)16-6-10-9(5-13)3-2-4-11(10)14/h2-4,6-7H,5H2,1H3,(H2,15,17). The normalized spacial score (nSPS) is 11.3. The van der Waals surface area contributed by atoms with Crippen molar-refractivity contribution in [1.29, 1.82) is 0 Å². The Morgan fingerprint density at radius 1 is 1.56 bits per heavy atom. The summed E-state index contributed by atoms with van der Waals surface area (Å²) in [6, 6.07) is 4.90. The number of halogens is 2. The van der Waals surface area contributed by atoms with Crippen molar-refractivity contribution in [3.63, 3.8) is 0 Å². The van der Waals surface area contributed by atoms with E-state index < -0.39 is 0 Å². The van der Waals surface area contributed by atoms with E-state index in [9.17, 15) is 4.39 Å². The molecule has 0 bridgehead atoms. The Kier molecular flexibility index (Phi) is 3.76. The Balaban J connectivity index is 2.37. The highest BCUT2D eigenvalue weighted by Gasteiger charge is 2.05. The van der Waals surface area contributed by atoms with Crippen molar-refractivity contribution in [3.05, 3.63) is 47.0 Å². The molecule has 2 rings (SSSR count). The lowest BCUT2D eigenvalue weighted by Crippen LogP contribution is -2.00. The van der Waals surface area contributed by atoms with Crippen molar-refractivity contribution < 1.29 is 4.39 Å². The number of alkyl halides is 1. The molecular formula is C12H12BrFN4. The first-order chi connectivity index (χ1) is 8.61. The molecule has 2 aromatic rings. The Morgan fingerprint density at radius 2 is 2.33 bits per heavy atom. The molecular weight excluding hydrogens is 299 g/mol. The van der Waals surface area contributed by atoms with Gasteiger partial charge in [-0.1, -0.05) is 28.1 Å². The summed E-state index contributed by atoms with van der Waals surface area (Å²) < 4.78 is 15.1. The first-order valence-corrected chi connectivity index (χ1v) is 6.43. The number of nitrogen functional groups attached to an aromatic ring is 1. The third-order valence-corrected chi connectivity index (χ3v) is 3.04. The number of imidazole rings is 1. The van der Waals surface area contributed by atoms with Crippen LogP contribution in [0.1, 0.15) is 16.8 Å². The van der Waals surface area contributed by atoms with Crippen molar-refractivity contribution >= 4 is 28.1 Å². The second kappa shape index (κ2) is 5.30. The molecule has 0 atom stereocenters. The van der Waals surface area contributed by atoms with Gasteiger partial charge >= 0.3 is 0 Å². The SMILES string of the molecule is Cc1cn(N=Cc2c(F)cccc2CBr)c(N)n1. The summed E-state index contributed by atoms with van der Waals surface area (Å²) in [4.78, 5) is 4.01. The van der Waals surface area contributed by atoms with Gasteiger partial charge in [0.05, 0.1) is 18.1 Å². The van der Waals surface area contributed by atoms with Gasteiger partial charge in [0.25, 0.3) is 0 Å². The zero-order valence-corrected chi connectivity index (χ0v) is 11.4. The maximum Gasteiger partial charge on any atom is 0.221 e. The first kappa shape index (κ1) is 12.8. The molecule has 94 valence electrons. The molecule has 0 amide bonds. The molecule has 0 saturated heterocycles. The number of aromatic nitrogens is 2. The van der Waals surface area contributed by atoms with Crippen LogP contribution in [0.5, 0.6) is 0 Å². The Labute approximate surface area is 112 Å².